The lowest BCUT2D eigenvalue weighted by atomic mass is 10.1. The van der Waals surface area contributed by atoms with Crippen LogP contribution >= 0.6 is 0 Å². The van der Waals surface area contributed by atoms with Gasteiger partial charge in [0.25, 0.3) is 10.1 Å². The number of guanidine groups is 2. The highest BCUT2D eigenvalue weighted by Crippen LogP contribution is 2.27. The van der Waals surface area contributed by atoms with Crippen LogP contribution in [0.1, 0.15) is 32.8 Å². The maximum atomic E-state index is 12.4. The van der Waals surface area contributed by atoms with E-state index in [2.05, 4.69) is 9.98 Å². The number of para-hydroxylation sites is 1. The molecule has 2 aromatic rings. The van der Waals surface area contributed by atoms with Crippen LogP contribution < -0.4 is 21.3 Å². The van der Waals surface area contributed by atoms with Gasteiger partial charge in [0.05, 0.1) is 5.75 Å². The summed E-state index contributed by atoms with van der Waals surface area (Å²) in [7, 11) is -1.86. The first-order valence-electron chi connectivity index (χ1n) is 10.7. The summed E-state index contributed by atoms with van der Waals surface area (Å²) in [6, 6.07) is 17.5. The summed E-state index contributed by atoms with van der Waals surface area (Å²) in [6.07, 6.45) is 1.10. The number of carbonyl (C=O) groups excluding carboxylic acids is 1. The van der Waals surface area contributed by atoms with E-state index < -0.39 is 15.8 Å². The standard InChI is InChI=1S/C21H26N6O.C2H6O3S/c1-21(2)25-19(22)24-20(23)27(21)17-12-9-15(10-13-17)11-14-18(28)26(3)16-7-5-4-6-8-16;1-2-6(3,4)5/h4-10,12-13H,11,14H2,1-3H3,(H4,22,23,24,25);2H2,1H3,(H,3,4,5). The predicted octanol–water partition coefficient (Wildman–Crippen LogP) is 2.36. The summed E-state index contributed by atoms with van der Waals surface area (Å²) in [4.78, 5) is 24.4. The summed E-state index contributed by atoms with van der Waals surface area (Å²) >= 11 is 0. The molecule has 1 heterocycles. The summed E-state index contributed by atoms with van der Waals surface area (Å²) in [6.45, 7) is 5.22. The maximum absolute atomic E-state index is 12.4. The second-order valence-electron chi connectivity index (χ2n) is 8.10. The molecule has 0 spiro atoms. The number of hydrogen-bond acceptors (Lipinski definition) is 8. The molecule has 0 fully saturated rings. The van der Waals surface area contributed by atoms with Crippen molar-refractivity contribution in [1.82, 2.24) is 0 Å². The molecule has 0 aromatic heterocycles. The molecule has 0 radical (unpaired) electrons. The third kappa shape index (κ3) is 7.56. The molecule has 0 atom stereocenters. The first kappa shape index (κ1) is 26.8. The molecule has 34 heavy (non-hydrogen) atoms. The van der Waals surface area contributed by atoms with Crippen molar-refractivity contribution in [2.45, 2.75) is 39.3 Å². The molecule has 1 aliphatic heterocycles. The lowest BCUT2D eigenvalue weighted by Crippen LogP contribution is -2.54. The number of anilines is 2. The minimum absolute atomic E-state index is 0.0774. The molecule has 10 nitrogen and oxygen atoms in total. The highest BCUT2D eigenvalue weighted by molar-refractivity contribution is 7.85. The Morgan fingerprint density at radius 2 is 1.65 bits per heavy atom. The molecular formula is C23H32N6O4S. The lowest BCUT2D eigenvalue weighted by molar-refractivity contribution is -0.118. The molecule has 1 amide bonds. The fraction of sp³-hybridized carbons (Fsp3) is 0.348. The fourth-order valence-electron chi connectivity index (χ4n) is 3.28. The van der Waals surface area contributed by atoms with Crippen molar-refractivity contribution in [3.8, 4) is 0 Å². The van der Waals surface area contributed by atoms with Gasteiger partial charge in [-0.15, -0.1) is 0 Å². The number of aliphatic imine (C=N–C) groups is 2. The van der Waals surface area contributed by atoms with Crippen molar-refractivity contribution in [2.75, 3.05) is 22.6 Å². The Morgan fingerprint density at radius 1 is 1.09 bits per heavy atom. The zero-order valence-corrected chi connectivity index (χ0v) is 20.7. The zero-order valence-electron chi connectivity index (χ0n) is 19.8. The Labute approximate surface area is 200 Å². The molecule has 11 heteroatoms. The molecule has 0 unspecified atom stereocenters. The molecule has 0 bridgehead atoms. The van der Waals surface area contributed by atoms with Crippen molar-refractivity contribution in [1.29, 1.82) is 0 Å². The fourth-order valence-corrected chi connectivity index (χ4v) is 3.28. The normalized spacial score (nSPS) is 14.9. The highest BCUT2D eigenvalue weighted by Gasteiger charge is 2.32. The van der Waals surface area contributed by atoms with E-state index in [0.29, 0.717) is 18.8 Å². The number of aryl methyl sites for hydroxylation is 1. The van der Waals surface area contributed by atoms with Gasteiger partial charge in [0.2, 0.25) is 17.8 Å². The topological polar surface area (TPSA) is 155 Å². The van der Waals surface area contributed by atoms with Crippen molar-refractivity contribution in [2.24, 2.45) is 21.5 Å². The van der Waals surface area contributed by atoms with Crippen LogP contribution in [0.25, 0.3) is 0 Å². The SMILES string of the molecule is CCS(=O)(=O)O.CN(C(=O)CCc1ccc(N2C(N)=NC(N)=NC2(C)C)cc1)c1ccccc1. The zero-order chi connectivity index (χ0) is 25.5. The van der Waals surface area contributed by atoms with E-state index in [1.54, 1.807) is 11.9 Å². The van der Waals surface area contributed by atoms with Gasteiger partial charge in [-0.05, 0) is 57.0 Å². The molecule has 0 saturated heterocycles. The Kier molecular flexibility index (Phi) is 8.77. The Hall–Kier alpha value is -3.44. The molecule has 184 valence electrons. The van der Waals surface area contributed by atoms with E-state index in [9.17, 15) is 13.2 Å². The summed E-state index contributed by atoms with van der Waals surface area (Å²) in [5.74, 6) is 0.363. The van der Waals surface area contributed by atoms with E-state index in [1.165, 1.54) is 6.92 Å². The van der Waals surface area contributed by atoms with Gasteiger partial charge in [-0.2, -0.15) is 13.4 Å². The van der Waals surface area contributed by atoms with E-state index in [1.807, 2.05) is 73.3 Å². The quantitative estimate of drug-likeness (QED) is 0.527. The first-order valence-corrected chi connectivity index (χ1v) is 12.3. The molecule has 2 aromatic carbocycles. The van der Waals surface area contributed by atoms with Gasteiger partial charge in [0, 0.05) is 24.8 Å². The molecule has 5 N–H and O–H groups in total. The van der Waals surface area contributed by atoms with Crippen LogP contribution in [0.5, 0.6) is 0 Å². The van der Waals surface area contributed by atoms with Crippen LogP contribution in [0, 0.1) is 0 Å². The van der Waals surface area contributed by atoms with Gasteiger partial charge in [-0.3, -0.25) is 14.2 Å². The summed E-state index contributed by atoms with van der Waals surface area (Å²) in [5, 5.41) is 0. The Balaban J connectivity index is 0.000000604. The van der Waals surface area contributed by atoms with Gasteiger partial charge in [-0.25, -0.2) is 4.99 Å². The van der Waals surface area contributed by atoms with Gasteiger partial charge >= 0.3 is 0 Å². The highest BCUT2D eigenvalue weighted by atomic mass is 32.2. The smallest absolute Gasteiger partial charge is 0.264 e. The molecule has 3 rings (SSSR count). The summed E-state index contributed by atoms with van der Waals surface area (Å²) < 4.78 is 26.9. The largest absolute Gasteiger partial charge is 0.369 e. The predicted molar refractivity (Wildman–Crippen MR) is 137 cm³/mol. The number of nitrogens with zero attached hydrogens (tertiary/aromatic N) is 4. The van der Waals surface area contributed by atoms with Crippen LogP contribution in [-0.2, 0) is 21.3 Å². The van der Waals surface area contributed by atoms with Crippen LogP contribution in [0.4, 0.5) is 11.4 Å². The monoisotopic (exact) mass is 488 g/mol. The van der Waals surface area contributed by atoms with Crippen molar-refractivity contribution in [3.63, 3.8) is 0 Å². The molecule has 1 aliphatic rings. The van der Waals surface area contributed by atoms with Crippen molar-refractivity contribution in [3.05, 3.63) is 60.2 Å². The second-order valence-corrected chi connectivity index (χ2v) is 9.84. The van der Waals surface area contributed by atoms with Crippen LogP contribution in [0.15, 0.2) is 64.6 Å². The van der Waals surface area contributed by atoms with Crippen molar-refractivity contribution >= 4 is 39.3 Å². The molecule has 0 aliphatic carbocycles. The lowest BCUT2D eigenvalue weighted by Gasteiger charge is -2.38. The molecule has 0 saturated carbocycles. The number of nitrogens with two attached hydrogens (primary N) is 2. The van der Waals surface area contributed by atoms with E-state index in [4.69, 9.17) is 16.0 Å². The average molecular weight is 489 g/mol. The minimum Gasteiger partial charge on any atom is -0.369 e. The first-order chi connectivity index (χ1) is 15.8. The average Bonchev–Trinajstić information content (AvgIpc) is 2.77. The van der Waals surface area contributed by atoms with E-state index in [0.717, 1.165) is 16.9 Å². The summed E-state index contributed by atoms with van der Waals surface area (Å²) in [5.41, 5.74) is 14.0. The number of benzene rings is 2. The third-order valence-electron chi connectivity index (χ3n) is 5.10. The maximum Gasteiger partial charge on any atom is 0.264 e. The molecular weight excluding hydrogens is 456 g/mol. The van der Waals surface area contributed by atoms with Crippen LogP contribution in [0.2, 0.25) is 0 Å². The Morgan fingerprint density at radius 3 is 2.15 bits per heavy atom. The number of carbonyl (C=O) groups is 1. The van der Waals surface area contributed by atoms with Gasteiger partial charge in [-0.1, -0.05) is 30.3 Å². The second kappa shape index (κ2) is 11.1. The van der Waals surface area contributed by atoms with E-state index in [-0.39, 0.29) is 17.6 Å². The van der Waals surface area contributed by atoms with E-state index >= 15 is 0 Å². The number of rotatable bonds is 6. The number of hydrogen-bond donors (Lipinski definition) is 3. The van der Waals surface area contributed by atoms with Gasteiger partial charge in [0.15, 0.2) is 0 Å². The van der Waals surface area contributed by atoms with Crippen LogP contribution in [-0.4, -0.2) is 49.3 Å². The Bertz CT molecular complexity index is 1150. The third-order valence-corrected chi connectivity index (χ3v) is 5.83. The van der Waals surface area contributed by atoms with Gasteiger partial charge < -0.3 is 16.4 Å². The van der Waals surface area contributed by atoms with Crippen molar-refractivity contribution < 1.29 is 17.8 Å². The van der Waals surface area contributed by atoms with Gasteiger partial charge in [0.1, 0.15) is 5.66 Å². The van der Waals surface area contributed by atoms with Crippen LogP contribution in [0.3, 0.4) is 0 Å². The minimum atomic E-state index is -3.66. The number of amides is 1.